The minimum Gasteiger partial charge on any atom is -0.379 e. The zero-order valence-electron chi connectivity index (χ0n) is 14.1. The average molecular weight is 291 g/mol. The zero-order chi connectivity index (χ0) is 15.4. The van der Waals surface area contributed by atoms with Gasteiger partial charge in [0.15, 0.2) is 0 Å². The monoisotopic (exact) mass is 291 g/mol. The molecule has 1 fully saturated rings. The Morgan fingerprint density at radius 3 is 2.81 bits per heavy atom. The van der Waals surface area contributed by atoms with Gasteiger partial charge in [-0.25, -0.2) is 4.98 Å². The van der Waals surface area contributed by atoms with E-state index in [1.54, 1.807) is 0 Å². The van der Waals surface area contributed by atoms with Gasteiger partial charge in [0.25, 0.3) is 0 Å². The molecule has 0 radical (unpaired) electrons. The maximum absolute atomic E-state index is 5.53. The van der Waals surface area contributed by atoms with Crippen LogP contribution >= 0.6 is 0 Å². The van der Waals surface area contributed by atoms with E-state index in [0.717, 1.165) is 44.2 Å². The van der Waals surface area contributed by atoms with Crippen molar-refractivity contribution in [1.82, 2.24) is 10.3 Å². The van der Waals surface area contributed by atoms with Crippen molar-refractivity contribution in [2.75, 3.05) is 31.7 Å². The van der Waals surface area contributed by atoms with Crippen LogP contribution in [0.3, 0.4) is 0 Å². The predicted molar refractivity (Wildman–Crippen MR) is 87.9 cm³/mol. The van der Waals surface area contributed by atoms with Crippen LogP contribution in [0.4, 0.5) is 5.82 Å². The summed E-state index contributed by atoms with van der Waals surface area (Å²) in [5.41, 5.74) is 3.72. The molecule has 0 spiro atoms. The third-order valence-corrected chi connectivity index (χ3v) is 4.10. The van der Waals surface area contributed by atoms with Gasteiger partial charge in [0.2, 0.25) is 0 Å². The summed E-state index contributed by atoms with van der Waals surface area (Å²) < 4.78 is 5.53. The van der Waals surface area contributed by atoms with E-state index in [-0.39, 0.29) is 0 Å². The molecule has 1 aromatic heterocycles. The number of hydrogen-bond acceptors (Lipinski definition) is 4. The van der Waals surface area contributed by atoms with Gasteiger partial charge in [0.1, 0.15) is 5.82 Å². The van der Waals surface area contributed by atoms with E-state index in [1.807, 2.05) is 0 Å². The van der Waals surface area contributed by atoms with Crippen LogP contribution in [-0.4, -0.2) is 37.8 Å². The molecule has 4 heteroatoms. The fourth-order valence-corrected chi connectivity index (χ4v) is 2.84. The first-order valence-corrected chi connectivity index (χ1v) is 7.97. The Balaban J connectivity index is 2.20. The summed E-state index contributed by atoms with van der Waals surface area (Å²) in [5, 5.41) is 3.55. The van der Waals surface area contributed by atoms with E-state index in [4.69, 9.17) is 9.72 Å². The van der Waals surface area contributed by atoms with Gasteiger partial charge in [-0.05, 0) is 44.4 Å². The van der Waals surface area contributed by atoms with E-state index in [9.17, 15) is 0 Å². The second-order valence-corrected chi connectivity index (χ2v) is 6.54. The molecule has 0 saturated carbocycles. The van der Waals surface area contributed by atoms with Crippen molar-refractivity contribution in [2.24, 2.45) is 5.92 Å². The molecule has 1 saturated heterocycles. The number of likely N-dealkylation sites (N-methyl/N-ethyl adjacent to an activating group) is 1. The third kappa shape index (κ3) is 4.17. The largest absolute Gasteiger partial charge is 0.379 e. The molecule has 4 nitrogen and oxygen atoms in total. The van der Waals surface area contributed by atoms with Crippen LogP contribution in [-0.2, 0) is 11.3 Å². The quantitative estimate of drug-likeness (QED) is 0.874. The summed E-state index contributed by atoms with van der Waals surface area (Å²) in [6, 6.07) is 2.62. The Hall–Kier alpha value is -1.13. The molecule has 0 aliphatic carbocycles. The summed E-state index contributed by atoms with van der Waals surface area (Å²) in [6.07, 6.45) is 1.09. The van der Waals surface area contributed by atoms with Crippen LogP contribution in [0.15, 0.2) is 6.07 Å². The fraction of sp³-hybridized carbons (Fsp3) is 0.706. The number of rotatable bonds is 6. The van der Waals surface area contributed by atoms with Crippen molar-refractivity contribution in [3.8, 4) is 0 Å². The number of nitrogens with zero attached hydrogens (tertiary/aromatic N) is 2. The normalized spacial score (nSPS) is 18.5. The minimum absolute atomic E-state index is 0.447. The average Bonchev–Trinajstić information content (AvgIpc) is 2.93. The lowest BCUT2D eigenvalue weighted by atomic mass is 10.1. The molecular formula is C17H29N3O. The standard InChI is InChI=1S/C17H29N3O/c1-12(2)9-18-10-16-13(3)8-14(4)19-17(16)20(5)15-6-7-21-11-15/h8,12,15,18H,6-7,9-11H2,1-5H3. The van der Waals surface area contributed by atoms with Gasteiger partial charge in [-0.15, -0.1) is 0 Å². The highest BCUT2D eigenvalue weighted by molar-refractivity contribution is 5.52. The second-order valence-electron chi connectivity index (χ2n) is 6.54. The number of hydrogen-bond donors (Lipinski definition) is 1. The lowest BCUT2D eigenvalue weighted by molar-refractivity contribution is 0.193. The molecule has 1 atom stereocenters. The zero-order valence-corrected chi connectivity index (χ0v) is 14.1. The van der Waals surface area contributed by atoms with Crippen LogP contribution < -0.4 is 10.2 Å². The molecule has 1 N–H and O–H groups in total. The number of ether oxygens (including phenoxy) is 1. The van der Waals surface area contributed by atoms with E-state index < -0.39 is 0 Å². The van der Waals surface area contributed by atoms with Gasteiger partial charge < -0.3 is 15.0 Å². The first-order chi connectivity index (χ1) is 9.99. The Kier molecular flexibility index (Phi) is 5.59. The van der Waals surface area contributed by atoms with Crippen molar-refractivity contribution in [2.45, 2.75) is 46.7 Å². The predicted octanol–water partition coefficient (Wildman–Crippen LogP) is 2.67. The lowest BCUT2D eigenvalue weighted by Gasteiger charge is -2.28. The van der Waals surface area contributed by atoms with Crippen LogP contribution in [0.5, 0.6) is 0 Å². The minimum atomic E-state index is 0.447. The van der Waals surface area contributed by atoms with Crippen LogP contribution in [0.25, 0.3) is 0 Å². The highest BCUT2D eigenvalue weighted by Crippen LogP contribution is 2.25. The molecule has 118 valence electrons. The Morgan fingerprint density at radius 2 is 2.19 bits per heavy atom. The molecule has 0 aromatic carbocycles. The molecule has 2 heterocycles. The Morgan fingerprint density at radius 1 is 1.43 bits per heavy atom. The fourth-order valence-electron chi connectivity index (χ4n) is 2.84. The molecule has 1 unspecified atom stereocenters. The molecule has 0 amide bonds. The molecule has 2 rings (SSSR count). The number of nitrogens with one attached hydrogen (secondary N) is 1. The van der Waals surface area contributed by atoms with Crippen molar-refractivity contribution < 1.29 is 4.74 Å². The topological polar surface area (TPSA) is 37.4 Å². The summed E-state index contributed by atoms with van der Waals surface area (Å²) in [6.45, 7) is 12.3. The van der Waals surface area contributed by atoms with Crippen molar-refractivity contribution >= 4 is 5.82 Å². The van der Waals surface area contributed by atoms with Crippen molar-refractivity contribution in [3.05, 3.63) is 22.9 Å². The first-order valence-electron chi connectivity index (χ1n) is 7.97. The number of anilines is 1. The summed E-state index contributed by atoms with van der Waals surface area (Å²) >= 11 is 0. The van der Waals surface area contributed by atoms with Gasteiger partial charge in [0.05, 0.1) is 12.6 Å². The molecule has 1 aliphatic rings. The first kappa shape index (κ1) is 16.2. The van der Waals surface area contributed by atoms with Crippen molar-refractivity contribution in [3.63, 3.8) is 0 Å². The van der Waals surface area contributed by atoms with Crippen LogP contribution in [0, 0.1) is 19.8 Å². The number of aromatic nitrogens is 1. The van der Waals surface area contributed by atoms with Crippen molar-refractivity contribution in [1.29, 1.82) is 0 Å². The smallest absolute Gasteiger partial charge is 0.133 e. The van der Waals surface area contributed by atoms with E-state index in [0.29, 0.717) is 12.0 Å². The molecule has 21 heavy (non-hydrogen) atoms. The highest BCUT2D eigenvalue weighted by atomic mass is 16.5. The van der Waals surface area contributed by atoms with Gasteiger partial charge in [-0.2, -0.15) is 0 Å². The SMILES string of the molecule is Cc1cc(C)c(CNCC(C)C)c(N(C)C2CCOC2)n1. The van der Waals surface area contributed by atoms with Gasteiger partial charge in [-0.1, -0.05) is 13.8 Å². The lowest BCUT2D eigenvalue weighted by Crippen LogP contribution is -2.34. The molecule has 1 aromatic rings. The van der Waals surface area contributed by atoms with Gasteiger partial charge in [-0.3, -0.25) is 0 Å². The maximum atomic E-state index is 5.53. The Labute approximate surface area is 128 Å². The second kappa shape index (κ2) is 7.23. The van der Waals surface area contributed by atoms with E-state index >= 15 is 0 Å². The van der Waals surface area contributed by atoms with Crippen LogP contribution in [0.1, 0.15) is 37.1 Å². The molecular weight excluding hydrogens is 262 g/mol. The molecule has 0 bridgehead atoms. The third-order valence-electron chi connectivity index (χ3n) is 4.10. The van der Waals surface area contributed by atoms with E-state index in [2.05, 4.69) is 51.0 Å². The maximum Gasteiger partial charge on any atom is 0.133 e. The highest BCUT2D eigenvalue weighted by Gasteiger charge is 2.24. The summed E-state index contributed by atoms with van der Waals surface area (Å²) in [5.74, 6) is 1.77. The van der Waals surface area contributed by atoms with Crippen LogP contribution in [0.2, 0.25) is 0 Å². The van der Waals surface area contributed by atoms with Gasteiger partial charge >= 0.3 is 0 Å². The summed E-state index contributed by atoms with van der Waals surface area (Å²) in [4.78, 5) is 7.11. The summed E-state index contributed by atoms with van der Waals surface area (Å²) in [7, 11) is 2.15. The Bertz CT molecular complexity index is 467. The number of aryl methyl sites for hydroxylation is 2. The number of pyridine rings is 1. The molecule has 1 aliphatic heterocycles. The van der Waals surface area contributed by atoms with E-state index in [1.165, 1.54) is 11.1 Å². The van der Waals surface area contributed by atoms with Gasteiger partial charge in [0, 0.05) is 31.5 Å².